The monoisotopic (exact) mass is 299 g/mol. The molecule has 2 N–H and O–H groups in total. The maximum atomic E-state index is 12.2. The van der Waals surface area contributed by atoms with E-state index in [2.05, 4.69) is 20.6 Å². The summed E-state index contributed by atoms with van der Waals surface area (Å²) in [5.41, 5.74) is 3.88. The summed E-state index contributed by atoms with van der Waals surface area (Å²) in [4.78, 5) is 22.8. The third-order valence-corrected chi connectivity index (χ3v) is 3.29. The number of amides is 2. The lowest BCUT2D eigenvalue weighted by Gasteiger charge is -2.16. The van der Waals surface area contributed by atoms with E-state index in [9.17, 15) is 4.79 Å². The molecule has 22 heavy (non-hydrogen) atoms. The van der Waals surface area contributed by atoms with Gasteiger partial charge in [0.25, 0.3) is 0 Å². The van der Waals surface area contributed by atoms with Crippen molar-refractivity contribution in [2.45, 2.75) is 20.8 Å². The molecule has 0 radical (unpaired) electrons. The summed E-state index contributed by atoms with van der Waals surface area (Å²) in [7, 11) is 3.76. The number of urea groups is 1. The van der Waals surface area contributed by atoms with Gasteiger partial charge in [-0.25, -0.2) is 14.8 Å². The Morgan fingerprint density at radius 2 is 1.59 bits per heavy atom. The Labute approximate surface area is 130 Å². The van der Waals surface area contributed by atoms with Gasteiger partial charge in [-0.2, -0.15) is 0 Å². The second-order valence-electron chi connectivity index (χ2n) is 5.36. The number of nitrogens with one attached hydrogen (secondary N) is 2. The van der Waals surface area contributed by atoms with Gasteiger partial charge in [0.2, 0.25) is 5.95 Å². The van der Waals surface area contributed by atoms with Gasteiger partial charge in [-0.05, 0) is 32.4 Å². The zero-order valence-corrected chi connectivity index (χ0v) is 13.6. The topological polar surface area (TPSA) is 70.2 Å². The molecule has 0 bridgehead atoms. The van der Waals surface area contributed by atoms with Crippen LogP contribution in [0.5, 0.6) is 0 Å². The summed E-state index contributed by atoms with van der Waals surface area (Å²) in [6, 6.07) is 7.32. The lowest BCUT2D eigenvalue weighted by atomic mass is 10.2. The molecule has 0 saturated carbocycles. The van der Waals surface area contributed by atoms with Crippen molar-refractivity contribution in [1.29, 1.82) is 0 Å². The quantitative estimate of drug-likeness (QED) is 0.913. The second-order valence-corrected chi connectivity index (χ2v) is 5.36. The Bertz CT molecular complexity index is 674. The van der Waals surface area contributed by atoms with Gasteiger partial charge in [-0.15, -0.1) is 0 Å². The number of para-hydroxylation sites is 1. The van der Waals surface area contributed by atoms with E-state index in [1.807, 2.05) is 64.0 Å². The maximum absolute atomic E-state index is 12.2. The second kappa shape index (κ2) is 6.43. The Hall–Kier alpha value is -2.63. The summed E-state index contributed by atoms with van der Waals surface area (Å²) >= 11 is 0. The minimum atomic E-state index is -0.304. The predicted octanol–water partition coefficient (Wildman–Crippen LogP) is 3.11. The average molecular weight is 299 g/mol. The average Bonchev–Trinajstić information content (AvgIpc) is 2.45. The molecule has 0 atom stereocenters. The predicted molar refractivity (Wildman–Crippen MR) is 89.7 cm³/mol. The van der Waals surface area contributed by atoms with Crippen LogP contribution in [0.1, 0.15) is 17.0 Å². The number of aryl methyl sites for hydroxylation is 3. The zero-order valence-electron chi connectivity index (χ0n) is 13.6. The fraction of sp³-hybridized carbons (Fsp3) is 0.312. The lowest BCUT2D eigenvalue weighted by molar-refractivity contribution is 0.262. The molecule has 6 heteroatoms. The number of nitrogens with zero attached hydrogens (tertiary/aromatic N) is 3. The molecule has 1 aromatic carbocycles. The number of anilines is 3. The summed E-state index contributed by atoms with van der Waals surface area (Å²) in [6.45, 7) is 5.65. The molecule has 0 aliphatic carbocycles. The van der Waals surface area contributed by atoms with Crippen LogP contribution in [0.3, 0.4) is 0 Å². The standard InChI is InChI=1S/C16H21N5O/c1-10-8-6-7-9-13(10)19-16(22)20-14-11(2)17-15(21(4)5)18-12(14)3/h6-9H,1-5H3,(H2,19,20,22). The molecule has 1 heterocycles. The van der Waals surface area contributed by atoms with Crippen molar-refractivity contribution >= 4 is 23.4 Å². The van der Waals surface area contributed by atoms with Crippen LogP contribution < -0.4 is 15.5 Å². The van der Waals surface area contributed by atoms with Gasteiger partial charge in [0.15, 0.2) is 0 Å². The molecular weight excluding hydrogens is 278 g/mol. The minimum Gasteiger partial charge on any atom is -0.347 e. The van der Waals surface area contributed by atoms with Crippen LogP contribution in [0.25, 0.3) is 0 Å². The maximum Gasteiger partial charge on any atom is 0.323 e. The molecule has 116 valence electrons. The van der Waals surface area contributed by atoms with Crippen molar-refractivity contribution in [3.05, 3.63) is 41.2 Å². The van der Waals surface area contributed by atoms with Gasteiger partial charge in [0.1, 0.15) is 0 Å². The number of carbonyl (C=O) groups excluding carboxylic acids is 1. The van der Waals surface area contributed by atoms with E-state index in [1.165, 1.54) is 0 Å². The molecule has 2 aromatic rings. The van der Waals surface area contributed by atoms with E-state index >= 15 is 0 Å². The summed E-state index contributed by atoms with van der Waals surface area (Å²) in [5, 5.41) is 5.66. The van der Waals surface area contributed by atoms with Crippen molar-refractivity contribution in [2.75, 3.05) is 29.6 Å². The summed E-state index contributed by atoms with van der Waals surface area (Å²) < 4.78 is 0. The smallest absolute Gasteiger partial charge is 0.323 e. The Morgan fingerprint density at radius 3 is 2.14 bits per heavy atom. The van der Waals surface area contributed by atoms with E-state index in [0.29, 0.717) is 11.6 Å². The molecule has 1 aromatic heterocycles. The van der Waals surface area contributed by atoms with Gasteiger partial charge >= 0.3 is 6.03 Å². The van der Waals surface area contributed by atoms with E-state index in [0.717, 1.165) is 22.6 Å². The molecule has 0 aliphatic rings. The minimum absolute atomic E-state index is 0.304. The highest BCUT2D eigenvalue weighted by atomic mass is 16.2. The largest absolute Gasteiger partial charge is 0.347 e. The van der Waals surface area contributed by atoms with Gasteiger partial charge in [-0.1, -0.05) is 18.2 Å². The van der Waals surface area contributed by atoms with Gasteiger partial charge in [0.05, 0.1) is 17.1 Å². The van der Waals surface area contributed by atoms with Crippen LogP contribution in [0, 0.1) is 20.8 Å². The highest BCUT2D eigenvalue weighted by Crippen LogP contribution is 2.20. The Morgan fingerprint density at radius 1 is 1.00 bits per heavy atom. The number of hydrogen-bond acceptors (Lipinski definition) is 4. The van der Waals surface area contributed by atoms with Crippen LogP contribution >= 0.6 is 0 Å². The number of benzene rings is 1. The Kier molecular flexibility index (Phi) is 4.60. The SMILES string of the molecule is Cc1ccccc1NC(=O)Nc1c(C)nc(N(C)C)nc1C. The zero-order chi connectivity index (χ0) is 16.3. The van der Waals surface area contributed by atoms with Gasteiger partial charge in [-0.3, -0.25) is 0 Å². The number of carbonyl (C=O) groups is 1. The first kappa shape index (κ1) is 15.8. The number of aromatic nitrogens is 2. The first-order valence-electron chi connectivity index (χ1n) is 7.04. The van der Waals surface area contributed by atoms with E-state index < -0.39 is 0 Å². The summed E-state index contributed by atoms with van der Waals surface area (Å²) in [5.74, 6) is 0.625. The van der Waals surface area contributed by atoms with Gasteiger partial charge < -0.3 is 15.5 Å². The molecular formula is C16H21N5O. The highest BCUT2D eigenvalue weighted by Gasteiger charge is 2.13. The Balaban J connectivity index is 2.17. The van der Waals surface area contributed by atoms with E-state index in [1.54, 1.807) is 0 Å². The fourth-order valence-electron chi connectivity index (χ4n) is 2.06. The first-order valence-corrected chi connectivity index (χ1v) is 7.04. The summed E-state index contributed by atoms with van der Waals surface area (Å²) in [6.07, 6.45) is 0. The van der Waals surface area contributed by atoms with Crippen molar-refractivity contribution in [3.8, 4) is 0 Å². The first-order chi connectivity index (χ1) is 10.4. The van der Waals surface area contributed by atoms with Crippen molar-refractivity contribution in [3.63, 3.8) is 0 Å². The lowest BCUT2D eigenvalue weighted by Crippen LogP contribution is -2.22. The van der Waals surface area contributed by atoms with Crippen LogP contribution in [-0.2, 0) is 0 Å². The fourth-order valence-corrected chi connectivity index (χ4v) is 2.06. The highest BCUT2D eigenvalue weighted by molar-refractivity contribution is 6.00. The third-order valence-electron chi connectivity index (χ3n) is 3.29. The van der Waals surface area contributed by atoms with E-state index in [4.69, 9.17) is 0 Å². The number of hydrogen-bond donors (Lipinski definition) is 2. The number of rotatable bonds is 3. The molecule has 0 spiro atoms. The molecule has 2 rings (SSSR count). The van der Waals surface area contributed by atoms with Crippen molar-refractivity contribution < 1.29 is 4.79 Å². The van der Waals surface area contributed by atoms with Crippen molar-refractivity contribution in [2.24, 2.45) is 0 Å². The third kappa shape index (κ3) is 3.52. The van der Waals surface area contributed by atoms with Crippen LogP contribution in [0.15, 0.2) is 24.3 Å². The molecule has 0 unspecified atom stereocenters. The molecule has 6 nitrogen and oxygen atoms in total. The normalized spacial score (nSPS) is 10.2. The van der Waals surface area contributed by atoms with Crippen LogP contribution in [0.2, 0.25) is 0 Å². The van der Waals surface area contributed by atoms with Crippen LogP contribution in [0.4, 0.5) is 22.1 Å². The van der Waals surface area contributed by atoms with E-state index in [-0.39, 0.29) is 6.03 Å². The van der Waals surface area contributed by atoms with Crippen molar-refractivity contribution in [1.82, 2.24) is 9.97 Å². The van der Waals surface area contributed by atoms with Gasteiger partial charge in [0, 0.05) is 19.8 Å². The molecule has 0 fully saturated rings. The molecule has 0 aliphatic heterocycles. The van der Waals surface area contributed by atoms with Crippen LogP contribution in [-0.4, -0.2) is 30.1 Å². The molecule has 0 saturated heterocycles. The molecule has 2 amide bonds.